The van der Waals surface area contributed by atoms with Gasteiger partial charge in [0.25, 0.3) is 5.56 Å². The Labute approximate surface area is 87.9 Å². The van der Waals surface area contributed by atoms with Gasteiger partial charge in [-0.25, -0.2) is 4.98 Å². The third-order valence-electron chi connectivity index (χ3n) is 1.64. The number of H-pyrrole nitrogens is 1. The molecule has 5 nitrogen and oxygen atoms in total. The zero-order chi connectivity index (χ0) is 9.97. The topological polar surface area (TPSA) is 62.7 Å². The van der Waals surface area contributed by atoms with Gasteiger partial charge in [-0.15, -0.1) is 0 Å². The van der Waals surface area contributed by atoms with E-state index >= 15 is 0 Å². The Morgan fingerprint density at radius 2 is 2.14 bits per heavy atom. The van der Waals surface area contributed by atoms with Gasteiger partial charge in [0, 0.05) is 12.4 Å². The van der Waals surface area contributed by atoms with Crippen LogP contribution in [0.2, 0.25) is 0 Å². The molecule has 2 N–H and O–H groups in total. The molecule has 2 aromatic rings. The van der Waals surface area contributed by atoms with Gasteiger partial charge in [-0.05, 0) is 28.1 Å². The normalized spacial score (nSPS) is 10.1. The van der Waals surface area contributed by atoms with Crippen LogP contribution in [-0.2, 0) is 0 Å². The summed E-state index contributed by atoms with van der Waals surface area (Å²) in [4.78, 5) is 17.6. The van der Waals surface area contributed by atoms with E-state index in [0.29, 0.717) is 10.3 Å². The fourth-order valence-corrected chi connectivity index (χ4v) is 1.30. The maximum Gasteiger partial charge on any atom is 0.267 e. The number of aromatic nitrogens is 3. The molecular formula is C8H7BrN4O. The molecule has 0 aromatic carbocycles. The van der Waals surface area contributed by atoms with E-state index in [9.17, 15) is 4.79 Å². The van der Waals surface area contributed by atoms with E-state index in [1.165, 1.54) is 6.33 Å². The molecule has 2 heterocycles. The van der Waals surface area contributed by atoms with E-state index < -0.39 is 0 Å². The molecular weight excluding hydrogens is 248 g/mol. The van der Waals surface area contributed by atoms with Gasteiger partial charge in [0.15, 0.2) is 5.82 Å². The molecule has 0 spiro atoms. The molecule has 0 unspecified atom stereocenters. The predicted octanol–water partition coefficient (Wildman–Crippen LogP) is 1.21. The summed E-state index contributed by atoms with van der Waals surface area (Å²) >= 11 is 3.14. The summed E-state index contributed by atoms with van der Waals surface area (Å²) in [5, 5.41) is 0. The van der Waals surface area contributed by atoms with E-state index in [2.05, 4.69) is 31.3 Å². The Balaban J connectivity index is 2.34. The van der Waals surface area contributed by atoms with Crippen LogP contribution in [0, 0.1) is 0 Å². The molecule has 0 aliphatic heterocycles. The molecule has 0 atom stereocenters. The first-order valence-corrected chi connectivity index (χ1v) is 4.70. The Morgan fingerprint density at radius 1 is 1.43 bits per heavy atom. The lowest BCUT2D eigenvalue weighted by molar-refractivity contribution is 0.936. The van der Waals surface area contributed by atoms with Crippen LogP contribution in [0.1, 0.15) is 0 Å². The number of nitrogens with zero attached hydrogens (tertiary/aromatic N) is 2. The Morgan fingerprint density at radius 3 is 2.86 bits per heavy atom. The second kappa shape index (κ2) is 3.67. The van der Waals surface area contributed by atoms with Crippen molar-refractivity contribution in [2.24, 2.45) is 0 Å². The van der Waals surface area contributed by atoms with Crippen LogP contribution >= 0.6 is 15.9 Å². The second-order valence-electron chi connectivity index (χ2n) is 2.60. The van der Waals surface area contributed by atoms with Crippen molar-refractivity contribution >= 4 is 21.7 Å². The minimum Gasteiger partial charge on any atom is -0.312 e. The van der Waals surface area contributed by atoms with Gasteiger partial charge in [-0.2, -0.15) is 0 Å². The number of aromatic amines is 1. The van der Waals surface area contributed by atoms with Gasteiger partial charge in [-0.1, -0.05) is 0 Å². The van der Waals surface area contributed by atoms with Crippen LogP contribution in [-0.4, -0.2) is 14.6 Å². The molecule has 14 heavy (non-hydrogen) atoms. The first-order chi connectivity index (χ1) is 6.77. The van der Waals surface area contributed by atoms with Gasteiger partial charge < -0.3 is 4.98 Å². The largest absolute Gasteiger partial charge is 0.312 e. The summed E-state index contributed by atoms with van der Waals surface area (Å²) in [6.07, 6.45) is 4.98. The first kappa shape index (κ1) is 9.01. The SMILES string of the molecule is O=c1[nH]cnc(Nn2cccc2)c1Br. The molecule has 0 fully saturated rings. The molecule has 0 radical (unpaired) electrons. The van der Waals surface area contributed by atoms with Crippen LogP contribution in [0.4, 0.5) is 5.82 Å². The van der Waals surface area contributed by atoms with Crippen LogP contribution in [0.3, 0.4) is 0 Å². The van der Waals surface area contributed by atoms with Crippen molar-refractivity contribution in [2.75, 3.05) is 5.43 Å². The number of hydrogen-bond acceptors (Lipinski definition) is 3. The molecule has 72 valence electrons. The molecule has 0 aliphatic rings. The molecule has 2 rings (SSSR count). The van der Waals surface area contributed by atoms with Gasteiger partial charge in [0.05, 0.1) is 6.33 Å². The van der Waals surface area contributed by atoms with Crippen molar-refractivity contribution in [3.8, 4) is 0 Å². The quantitative estimate of drug-likeness (QED) is 0.847. The van der Waals surface area contributed by atoms with Crippen LogP contribution < -0.4 is 11.0 Å². The van der Waals surface area contributed by atoms with Gasteiger partial charge >= 0.3 is 0 Å². The third kappa shape index (κ3) is 1.69. The average molecular weight is 255 g/mol. The zero-order valence-electron chi connectivity index (χ0n) is 7.07. The first-order valence-electron chi connectivity index (χ1n) is 3.90. The van der Waals surface area contributed by atoms with E-state index in [0.717, 1.165) is 0 Å². The van der Waals surface area contributed by atoms with E-state index in [1.54, 1.807) is 4.68 Å². The summed E-state index contributed by atoms with van der Waals surface area (Å²) in [6, 6.07) is 3.74. The predicted molar refractivity (Wildman–Crippen MR) is 56.0 cm³/mol. The van der Waals surface area contributed by atoms with Crippen molar-refractivity contribution in [1.82, 2.24) is 14.6 Å². The fourth-order valence-electron chi connectivity index (χ4n) is 0.992. The highest BCUT2D eigenvalue weighted by atomic mass is 79.9. The summed E-state index contributed by atoms with van der Waals surface area (Å²) in [5.41, 5.74) is 2.72. The highest BCUT2D eigenvalue weighted by Gasteiger charge is 2.03. The highest BCUT2D eigenvalue weighted by molar-refractivity contribution is 9.10. The van der Waals surface area contributed by atoms with Crippen LogP contribution in [0.25, 0.3) is 0 Å². The highest BCUT2D eigenvalue weighted by Crippen LogP contribution is 2.12. The number of anilines is 1. The van der Waals surface area contributed by atoms with Crippen LogP contribution in [0.15, 0.2) is 40.1 Å². The van der Waals surface area contributed by atoms with Crippen molar-refractivity contribution in [3.63, 3.8) is 0 Å². The van der Waals surface area contributed by atoms with E-state index in [-0.39, 0.29) is 5.56 Å². The van der Waals surface area contributed by atoms with E-state index in [4.69, 9.17) is 0 Å². The minimum absolute atomic E-state index is 0.213. The summed E-state index contributed by atoms with van der Waals surface area (Å²) in [5.74, 6) is 0.477. The summed E-state index contributed by atoms with van der Waals surface area (Å²) < 4.78 is 2.08. The smallest absolute Gasteiger partial charge is 0.267 e. The maximum atomic E-state index is 11.2. The fraction of sp³-hybridized carbons (Fsp3) is 0. The third-order valence-corrected chi connectivity index (χ3v) is 2.37. The van der Waals surface area contributed by atoms with Gasteiger partial charge in [0.1, 0.15) is 4.47 Å². The molecule has 2 aromatic heterocycles. The zero-order valence-corrected chi connectivity index (χ0v) is 8.65. The summed E-state index contributed by atoms with van der Waals surface area (Å²) in [6.45, 7) is 0. The lowest BCUT2D eigenvalue weighted by Gasteiger charge is -2.06. The molecule has 0 saturated heterocycles. The van der Waals surface area contributed by atoms with Gasteiger partial charge in [0.2, 0.25) is 0 Å². The number of halogens is 1. The summed E-state index contributed by atoms with van der Waals surface area (Å²) in [7, 11) is 0. The van der Waals surface area contributed by atoms with Crippen LogP contribution in [0.5, 0.6) is 0 Å². The average Bonchev–Trinajstić information content (AvgIpc) is 2.66. The molecule has 0 bridgehead atoms. The maximum absolute atomic E-state index is 11.2. The van der Waals surface area contributed by atoms with Crippen molar-refractivity contribution in [3.05, 3.63) is 45.7 Å². The second-order valence-corrected chi connectivity index (χ2v) is 3.39. The Hall–Kier alpha value is -1.56. The van der Waals surface area contributed by atoms with Crippen molar-refractivity contribution in [2.45, 2.75) is 0 Å². The molecule has 0 saturated carbocycles. The van der Waals surface area contributed by atoms with Crippen molar-refractivity contribution < 1.29 is 0 Å². The molecule has 0 amide bonds. The van der Waals surface area contributed by atoms with E-state index in [1.807, 2.05) is 24.5 Å². The molecule has 6 heteroatoms. The Kier molecular flexibility index (Phi) is 2.36. The van der Waals surface area contributed by atoms with Gasteiger partial charge in [-0.3, -0.25) is 14.9 Å². The number of hydrogen-bond donors (Lipinski definition) is 2. The minimum atomic E-state index is -0.213. The monoisotopic (exact) mass is 254 g/mol. The Bertz CT molecular complexity index is 476. The number of nitrogens with one attached hydrogen (secondary N) is 2. The number of rotatable bonds is 2. The molecule has 0 aliphatic carbocycles. The lowest BCUT2D eigenvalue weighted by atomic mass is 10.6. The standard InChI is InChI=1S/C8H7BrN4O/c9-6-7(10-5-11-8(6)14)12-13-3-1-2-4-13/h1-5H,(H2,10,11,12,14). The van der Waals surface area contributed by atoms with Crippen molar-refractivity contribution in [1.29, 1.82) is 0 Å². The lowest BCUT2D eigenvalue weighted by Crippen LogP contribution is -2.14.